The molecular weight excluding hydrogens is 328 g/mol. The summed E-state index contributed by atoms with van der Waals surface area (Å²) < 4.78 is 7.46. The van der Waals surface area contributed by atoms with Crippen LogP contribution in [-0.2, 0) is 16.6 Å². The summed E-state index contributed by atoms with van der Waals surface area (Å²) in [6, 6.07) is 8.50. The monoisotopic (exact) mass is 354 g/mol. The number of rotatable bonds is 3. The maximum absolute atomic E-state index is 12.8. The fourth-order valence-corrected chi connectivity index (χ4v) is 5.09. The standard InChI is InChI=1S/C21H26N2O3/c1-4-13-12-23(9-10-24)17-11-15(13)19(21(25)26-3)18-14-7-5-6-8-16(14)22(2)20(17)18/h4-8,15,17,19,24H,9-12H2,1-3H3/b13-4-/t15-,17-,19+/m0/s1. The molecule has 3 atom stereocenters. The Bertz CT molecular complexity index is 883. The van der Waals surface area contributed by atoms with Gasteiger partial charge in [-0.25, -0.2) is 0 Å². The summed E-state index contributed by atoms with van der Waals surface area (Å²) in [5.41, 5.74) is 4.72. The Morgan fingerprint density at radius 1 is 1.38 bits per heavy atom. The van der Waals surface area contributed by atoms with Gasteiger partial charge in [-0.05, 0) is 25.0 Å². The molecule has 0 amide bonds. The van der Waals surface area contributed by atoms with E-state index in [1.165, 1.54) is 18.4 Å². The molecule has 1 N–H and O–H groups in total. The molecule has 138 valence electrons. The lowest BCUT2D eigenvalue weighted by Crippen LogP contribution is -2.46. The Kier molecular flexibility index (Phi) is 4.37. The molecule has 5 heteroatoms. The molecule has 26 heavy (non-hydrogen) atoms. The number of aryl methyl sites for hydroxylation is 1. The first-order valence-corrected chi connectivity index (χ1v) is 9.27. The van der Waals surface area contributed by atoms with Crippen LogP contribution in [0.5, 0.6) is 0 Å². The zero-order chi connectivity index (χ0) is 18.4. The van der Waals surface area contributed by atoms with Crippen LogP contribution in [0.2, 0.25) is 0 Å². The van der Waals surface area contributed by atoms with Gasteiger partial charge in [0, 0.05) is 42.7 Å². The third kappa shape index (κ3) is 2.34. The Morgan fingerprint density at radius 2 is 2.15 bits per heavy atom. The lowest BCUT2D eigenvalue weighted by atomic mass is 9.68. The van der Waals surface area contributed by atoms with Crippen molar-refractivity contribution < 1.29 is 14.6 Å². The fraction of sp³-hybridized carbons (Fsp3) is 0.476. The van der Waals surface area contributed by atoms with Crippen LogP contribution < -0.4 is 0 Å². The molecule has 1 fully saturated rings. The van der Waals surface area contributed by atoms with E-state index in [0.717, 1.165) is 29.4 Å². The second-order valence-corrected chi connectivity index (χ2v) is 7.29. The molecule has 1 aliphatic heterocycles. The van der Waals surface area contributed by atoms with E-state index in [4.69, 9.17) is 4.74 Å². The minimum atomic E-state index is -0.264. The van der Waals surface area contributed by atoms with Crippen LogP contribution in [0.25, 0.3) is 10.9 Å². The number of hydrogen-bond acceptors (Lipinski definition) is 4. The van der Waals surface area contributed by atoms with Crippen molar-refractivity contribution in [1.29, 1.82) is 0 Å². The van der Waals surface area contributed by atoms with E-state index < -0.39 is 0 Å². The summed E-state index contributed by atoms with van der Waals surface area (Å²) >= 11 is 0. The normalized spacial score (nSPS) is 26.9. The lowest BCUT2D eigenvalue weighted by molar-refractivity contribution is -0.144. The molecule has 2 aliphatic rings. The number of likely N-dealkylation sites (tertiary alicyclic amines) is 1. The topological polar surface area (TPSA) is 54.7 Å². The van der Waals surface area contributed by atoms with E-state index in [-0.39, 0.29) is 30.5 Å². The molecule has 0 unspecified atom stereocenters. The van der Waals surface area contributed by atoms with E-state index in [9.17, 15) is 9.90 Å². The summed E-state index contributed by atoms with van der Waals surface area (Å²) in [4.78, 5) is 15.2. The van der Waals surface area contributed by atoms with Crippen LogP contribution in [0.15, 0.2) is 35.9 Å². The van der Waals surface area contributed by atoms with Crippen molar-refractivity contribution in [1.82, 2.24) is 9.47 Å². The number of aliphatic hydroxyl groups is 1. The van der Waals surface area contributed by atoms with E-state index >= 15 is 0 Å². The molecule has 2 bridgehead atoms. The predicted molar refractivity (Wildman–Crippen MR) is 101 cm³/mol. The van der Waals surface area contributed by atoms with Gasteiger partial charge in [-0.2, -0.15) is 0 Å². The van der Waals surface area contributed by atoms with Gasteiger partial charge in [-0.3, -0.25) is 9.69 Å². The molecule has 1 aliphatic carbocycles. The van der Waals surface area contributed by atoms with Crippen LogP contribution in [0.4, 0.5) is 0 Å². The number of benzene rings is 1. The number of para-hydroxylation sites is 1. The van der Waals surface area contributed by atoms with E-state index in [2.05, 4.69) is 34.7 Å². The second-order valence-electron chi connectivity index (χ2n) is 7.29. The van der Waals surface area contributed by atoms with Gasteiger partial charge in [0.25, 0.3) is 0 Å². The molecule has 2 heterocycles. The van der Waals surface area contributed by atoms with Crippen molar-refractivity contribution in [2.45, 2.75) is 25.3 Å². The smallest absolute Gasteiger partial charge is 0.313 e. The zero-order valence-corrected chi connectivity index (χ0v) is 15.6. The number of allylic oxidation sites excluding steroid dienone is 1. The van der Waals surface area contributed by atoms with Crippen molar-refractivity contribution >= 4 is 16.9 Å². The summed E-state index contributed by atoms with van der Waals surface area (Å²) in [6.07, 6.45) is 3.02. The third-order valence-electron chi connectivity index (χ3n) is 6.21. The molecule has 5 nitrogen and oxygen atoms in total. The highest BCUT2D eigenvalue weighted by atomic mass is 16.5. The highest BCUT2D eigenvalue weighted by Gasteiger charge is 2.48. The fourth-order valence-electron chi connectivity index (χ4n) is 5.09. The number of esters is 1. The predicted octanol–water partition coefficient (Wildman–Crippen LogP) is 2.75. The van der Waals surface area contributed by atoms with Crippen molar-refractivity contribution in [3.05, 3.63) is 47.2 Å². The van der Waals surface area contributed by atoms with Crippen molar-refractivity contribution in [2.75, 3.05) is 26.8 Å². The summed E-state index contributed by atoms with van der Waals surface area (Å²) in [7, 11) is 3.56. The van der Waals surface area contributed by atoms with E-state index in [1.807, 2.05) is 19.1 Å². The van der Waals surface area contributed by atoms with Gasteiger partial charge in [-0.1, -0.05) is 29.8 Å². The second kappa shape index (κ2) is 6.56. The first-order valence-electron chi connectivity index (χ1n) is 9.27. The molecule has 2 aromatic rings. The number of ether oxygens (including phenoxy) is 1. The van der Waals surface area contributed by atoms with Gasteiger partial charge in [0.1, 0.15) is 0 Å². The summed E-state index contributed by atoms with van der Waals surface area (Å²) in [5.74, 6) is -0.258. The molecule has 4 rings (SSSR count). The number of nitrogens with zero attached hydrogens (tertiary/aromatic N) is 2. The first-order chi connectivity index (χ1) is 12.6. The molecule has 1 aromatic carbocycles. The minimum absolute atomic E-state index is 0.137. The highest BCUT2D eigenvalue weighted by molar-refractivity contribution is 5.93. The van der Waals surface area contributed by atoms with Gasteiger partial charge < -0.3 is 14.4 Å². The SMILES string of the molecule is C/C=C1/CN(CCO)[C@H]2C[C@@H]1[C@@H](C(=O)OC)c1c2n(C)c2ccccc12. The first kappa shape index (κ1) is 17.3. The molecule has 1 saturated heterocycles. The molecular formula is C21H26N2O3. The number of hydrogen-bond donors (Lipinski definition) is 1. The van der Waals surface area contributed by atoms with Gasteiger partial charge in [0.05, 0.1) is 25.7 Å². The van der Waals surface area contributed by atoms with Crippen LogP contribution in [0.3, 0.4) is 0 Å². The highest BCUT2D eigenvalue weighted by Crippen LogP contribution is 2.53. The number of carbonyl (C=O) groups excluding carboxylic acids is 1. The molecule has 0 saturated carbocycles. The van der Waals surface area contributed by atoms with Crippen LogP contribution in [0.1, 0.15) is 36.6 Å². The number of aromatic nitrogens is 1. The van der Waals surface area contributed by atoms with Gasteiger partial charge in [-0.15, -0.1) is 0 Å². The van der Waals surface area contributed by atoms with Crippen molar-refractivity contribution in [3.8, 4) is 0 Å². The Balaban J connectivity index is 2.00. The summed E-state index contributed by atoms with van der Waals surface area (Å²) in [6.45, 7) is 3.61. The molecule has 0 radical (unpaired) electrons. The van der Waals surface area contributed by atoms with Crippen molar-refractivity contribution in [2.24, 2.45) is 13.0 Å². The third-order valence-corrected chi connectivity index (χ3v) is 6.21. The Hall–Kier alpha value is -2.11. The van der Waals surface area contributed by atoms with Crippen LogP contribution in [-0.4, -0.2) is 47.3 Å². The van der Waals surface area contributed by atoms with E-state index in [1.54, 1.807) is 0 Å². The largest absolute Gasteiger partial charge is 0.469 e. The quantitative estimate of drug-likeness (QED) is 0.680. The van der Waals surface area contributed by atoms with Crippen molar-refractivity contribution in [3.63, 3.8) is 0 Å². The van der Waals surface area contributed by atoms with Gasteiger partial charge in [0.15, 0.2) is 0 Å². The average Bonchev–Trinajstić information content (AvgIpc) is 2.96. The number of carbonyl (C=O) groups is 1. The number of fused-ring (bicyclic) bond motifs is 6. The van der Waals surface area contributed by atoms with E-state index in [0.29, 0.717) is 6.54 Å². The number of piperidine rings is 1. The maximum Gasteiger partial charge on any atom is 0.313 e. The van der Waals surface area contributed by atoms with Gasteiger partial charge in [0.2, 0.25) is 0 Å². The average molecular weight is 354 g/mol. The molecule has 0 spiro atoms. The number of β-amino-alcohol motifs (C(OH)–C–C–N with tert-alkyl or cyclic N) is 1. The minimum Gasteiger partial charge on any atom is -0.469 e. The number of methoxy groups -OCH3 is 1. The van der Waals surface area contributed by atoms with Gasteiger partial charge >= 0.3 is 5.97 Å². The Labute approximate surface area is 153 Å². The lowest BCUT2D eigenvalue weighted by Gasteiger charge is -2.47. The van der Waals surface area contributed by atoms with Crippen LogP contribution >= 0.6 is 0 Å². The molecule has 1 aromatic heterocycles. The Morgan fingerprint density at radius 3 is 2.85 bits per heavy atom. The zero-order valence-electron chi connectivity index (χ0n) is 15.6. The summed E-state index contributed by atoms with van der Waals surface area (Å²) in [5, 5.41) is 10.7. The number of aliphatic hydroxyl groups excluding tert-OH is 1. The maximum atomic E-state index is 12.8. The van der Waals surface area contributed by atoms with Crippen LogP contribution in [0, 0.1) is 5.92 Å².